The van der Waals surface area contributed by atoms with Crippen molar-refractivity contribution in [3.63, 3.8) is 0 Å². The van der Waals surface area contributed by atoms with Crippen LogP contribution in [0, 0.1) is 0 Å². The topological polar surface area (TPSA) is 153 Å². The molecule has 8 nitrogen and oxygen atoms in total. The molecule has 7 N–H and O–H groups in total. The van der Waals surface area contributed by atoms with Gasteiger partial charge in [-0.15, -0.1) is 0 Å². The molecule has 0 saturated heterocycles. The number of aliphatic hydroxyl groups is 4. The molecule has 0 aliphatic carbocycles. The fraction of sp³-hybridized carbons (Fsp3) is 0.971. The van der Waals surface area contributed by atoms with Gasteiger partial charge in [0.15, 0.2) is 0 Å². The van der Waals surface area contributed by atoms with Gasteiger partial charge >= 0.3 is 0 Å². The van der Waals surface area contributed by atoms with Gasteiger partial charge in [-0.2, -0.15) is 0 Å². The molecule has 0 bridgehead atoms. The summed E-state index contributed by atoms with van der Waals surface area (Å²) in [4.78, 5) is 22.8. The Balaban J connectivity index is -0.00000118. The Kier molecular flexibility index (Phi) is 70.8. The highest BCUT2D eigenvalue weighted by Gasteiger charge is 2.20. The van der Waals surface area contributed by atoms with Crippen LogP contribution in [0.3, 0.4) is 0 Å². The minimum atomic E-state index is -0.687. The van der Waals surface area contributed by atoms with E-state index in [0.29, 0.717) is 25.7 Å². The fourth-order valence-corrected chi connectivity index (χ4v) is 10.4. The number of amides is 1. The maximum absolute atomic E-state index is 12.2. The lowest BCUT2D eigenvalue weighted by Crippen LogP contribution is -2.42. The number of hydrogen-bond acceptors (Lipinski definition) is 7. The third-order valence-corrected chi connectivity index (χ3v) is 16.1. The van der Waals surface area contributed by atoms with E-state index in [0.717, 1.165) is 57.8 Å². The van der Waals surface area contributed by atoms with E-state index < -0.39 is 24.4 Å². The van der Waals surface area contributed by atoms with Gasteiger partial charge in [0.2, 0.25) is 11.1 Å². The molecule has 1 amide bonds. The van der Waals surface area contributed by atoms with Crippen LogP contribution in [0.15, 0.2) is 0 Å². The molecule has 0 aromatic rings. The van der Waals surface area contributed by atoms with Crippen LogP contribution in [0.4, 0.5) is 0 Å². The van der Waals surface area contributed by atoms with Gasteiger partial charge in [0, 0.05) is 31.7 Å². The molecule has 0 aromatic carbocycles. The molecule has 0 aliphatic rings. The first-order valence-corrected chi connectivity index (χ1v) is 34.7. The summed E-state index contributed by atoms with van der Waals surface area (Å²) >= 11 is 5.28. The quantitative estimate of drug-likeness (QED) is 0.0262. The Labute approximate surface area is 486 Å². The zero-order valence-corrected chi connectivity index (χ0v) is 53.5. The second-order valence-electron chi connectivity index (χ2n) is 24.1. The van der Waals surface area contributed by atoms with E-state index in [-0.39, 0.29) is 23.2 Å². The zero-order chi connectivity index (χ0) is 57.5. The number of nitrogens with one attached hydrogen (secondary N) is 1. The van der Waals surface area contributed by atoms with Gasteiger partial charge in [-0.1, -0.05) is 323 Å². The lowest BCUT2D eigenvalue weighted by atomic mass is 10.00. The average molecular weight is 1120 g/mol. The Hall–Kier alpha value is -0.770. The lowest BCUT2D eigenvalue weighted by Gasteiger charge is -2.22. The van der Waals surface area contributed by atoms with Crippen molar-refractivity contribution in [3.05, 3.63) is 0 Å². The predicted octanol–water partition coefficient (Wildman–Crippen LogP) is 20.2. The zero-order valence-electron chi connectivity index (χ0n) is 52.7. The summed E-state index contributed by atoms with van der Waals surface area (Å²) < 4.78 is 0. The van der Waals surface area contributed by atoms with Crippen LogP contribution in [0.2, 0.25) is 0 Å². The molecule has 6 atom stereocenters. The first-order chi connectivity index (χ1) is 37.4. The number of carbonyl (C=O) groups is 2. The van der Waals surface area contributed by atoms with Crippen molar-refractivity contribution in [2.24, 2.45) is 5.73 Å². The second kappa shape index (κ2) is 67.7. The van der Waals surface area contributed by atoms with Crippen LogP contribution in [0.25, 0.3) is 0 Å². The van der Waals surface area contributed by atoms with Gasteiger partial charge in [0.05, 0.1) is 30.5 Å². The normalized spacial score (nSPS) is 13.7. The predicted molar refractivity (Wildman–Crippen MR) is 338 cm³/mol. The van der Waals surface area contributed by atoms with Gasteiger partial charge in [-0.3, -0.25) is 9.59 Å². The highest BCUT2D eigenvalue weighted by atomic mass is 35.5. The molecule has 0 rings (SSSR count). The van der Waals surface area contributed by atoms with Crippen LogP contribution >= 0.6 is 11.6 Å². The Morgan fingerprint density at radius 3 is 0.818 bits per heavy atom. The second-order valence-corrected chi connectivity index (χ2v) is 24.5. The molecule has 0 heterocycles. The highest BCUT2D eigenvalue weighted by Crippen LogP contribution is 2.18. The van der Waals surface area contributed by atoms with Crippen molar-refractivity contribution in [1.29, 1.82) is 0 Å². The van der Waals surface area contributed by atoms with Crippen molar-refractivity contribution in [1.82, 2.24) is 5.32 Å². The van der Waals surface area contributed by atoms with Gasteiger partial charge in [-0.05, 0) is 51.1 Å². The molecule has 77 heavy (non-hydrogen) atoms. The highest BCUT2D eigenvalue weighted by molar-refractivity contribution is 6.63. The van der Waals surface area contributed by atoms with Crippen LogP contribution in [-0.2, 0) is 9.59 Å². The summed E-state index contributed by atoms with van der Waals surface area (Å²) in [5.74, 6) is 0.0273. The van der Waals surface area contributed by atoms with Crippen molar-refractivity contribution in [2.45, 2.75) is 425 Å². The number of aliphatic hydroxyl groups excluding tert-OH is 4. The van der Waals surface area contributed by atoms with Crippen molar-refractivity contribution >= 4 is 22.8 Å². The third kappa shape index (κ3) is 71.3. The summed E-state index contributed by atoms with van der Waals surface area (Å²) in [6.45, 7) is 12.7. The number of carbonyl (C=O) groups excluding carboxylic acids is 2. The molecule has 0 saturated carbocycles. The maximum atomic E-state index is 12.2. The van der Waals surface area contributed by atoms with E-state index >= 15 is 0 Å². The largest absolute Gasteiger partial charge is 0.393 e. The molecular weight excluding hydrogens is 976 g/mol. The van der Waals surface area contributed by atoms with Crippen LogP contribution in [0.1, 0.15) is 388 Å². The van der Waals surface area contributed by atoms with Gasteiger partial charge in [0.25, 0.3) is 0 Å². The van der Waals surface area contributed by atoms with Crippen LogP contribution in [0.5, 0.6) is 0 Å². The van der Waals surface area contributed by atoms with E-state index in [9.17, 15) is 30.0 Å². The third-order valence-electron chi connectivity index (χ3n) is 15.9. The van der Waals surface area contributed by atoms with E-state index in [4.69, 9.17) is 17.3 Å². The van der Waals surface area contributed by atoms with Crippen molar-refractivity contribution in [2.75, 3.05) is 0 Å². The molecule has 0 fully saturated rings. The van der Waals surface area contributed by atoms with Crippen LogP contribution in [-0.4, -0.2) is 68.1 Å². The maximum Gasteiger partial charge on any atom is 0.221 e. The van der Waals surface area contributed by atoms with Gasteiger partial charge in [0.1, 0.15) is 0 Å². The fourth-order valence-electron chi connectivity index (χ4n) is 10.3. The van der Waals surface area contributed by atoms with Crippen LogP contribution < -0.4 is 11.1 Å². The Morgan fingerprint density at radius 1 is 0.351 bits per heavy atom. The molecule has 0 aromatic heterocycles. The monoisotopic (exact) mass is 1120 g/mol. The van der Waals surface area contributed by atoms with Gasteiger partial charge < -0.3 is 31.5 Å². The summed E-state index contributed by atoms with van der Waals surface area (Å²) in [5.41, 5.74) is 5.58. The van der Waals surface area contributed by atoms with Crippen molar-refractivity contribution < 1.29 is 30.0 Å². The first kappa shape index (κ1) is 80.5. The SMILES string of the molecule is CCCCCCCCCCCCCCCC(=O)Cl.CCCCCCCCCCCCCCCC(=O)NC(C)[C@@H](O)C[C@@H](O)CCCCCCCCCCCCC.CCCCCCCCCCCCC[C@H](O)C[C@H](O)C(C)N. The molecule has 0 aliphatic heterocycles. The molecule has 0 spiro atoms. The number of hydrogen-bond donors (Lipinski definition) is 6. The number of halogens is 1. The standard InChI is InChI=1S/C34H69NO3.C18H39NO2.C16H31ClO/c1-4-6-8-10-12-14-16-17-19-21-23-25-27-29-34(38)35-31(3)33(37)30-32(36)28-26-24-22-20-18-15-13-11-9-7-5-2;1-3-4-5-6-7-8-9-10-11-12-13-14-17(20)15-18(21)16(2)19;1-2-3-4-5-6-7-8-9-10-11-12-13-14-15-16(17)18/h31-33,36-37H,4-30H2,1-3H3,(H,35,38);16-18,20-21H,3-15,19H2,1-2H3;2-15H2,1H3/t31?,32-,33-;16?,17-,18-;/m00./s1. The van der Waals surface area contributed by atoms with Crippen molar-refractivity contribution in [3.8, 4) is 0 Å². The Morgan fingerprint density at radius 2 is 0.571 bits per heavy atom. The Bertz CT molecular complexity index is 1130. The summed E-state index contributed by atoms with van der Waals surface area (Å²) in [6.07, 6.45) is 64.3. The number of unbranched alkanes of at least 4 members (excludes halogenated alkanes) is 44. The minimum absolute atomic E-state index is 0.0273. The van der Waals surface area contributed by atoms with Gasteiger partial charge in [-0.25, -0.2) is 0 Å². The molecule has 2 unspecified atom stereocenters. The average Bonchev–Trinajstić information content (AvgIpc) is 3.40. The summed E-state index contributed by atoms with van der Waals surface area (Å²) in [5, 5.41) is 42.9. The van der Waals surface area contributed by atoms with E-state index in [1.54, 1.807) is 6.92 Å². The summed E-state index contributed by atoms with van der Waals surface area (Å²) in [6, 6.07) is -0.562. The number of nitrogens with two attached hydrogens (primary N) is 1. The smallest absolute Gasteiger partial charge is 0.221 e. The summed E-state index contributed by atoms with van der Waals surface area (Å²) in [7, 11) is 0. The first-order valence-electron chi connectivity index (χ1n) is 34.3. The molecule has 9 heteroatoms. The molecule has 464 valence electrons. The number of rotatable bonds is 59. The minimum Gasteiger partial charge on any atom is -0.393 e. The van der Waals surface area contributed by atoms with E-state index in [1.807, 2.05) is 6.92 Å². The van der Waals surface area contributed by atoms with E-state index in [1.165, 1.54) is 263 Å². The molecular formula is C68H139ClN2O6. The van der Waals surface area contributed by atoms with E-state index in [2.05, 4.69) is 33.0 Å². The molecule has 0 radical (unpaired) electrons. The lowest BCUT2D eigenvalue weighted by molar-refractivity contribution is -0.122.